The van der Waals surface area contributed by atoms with Crippen LogP contribution in [0, 0.1) is 0 Å². The summed E-state index contributed by atoms with van der Waals surface area (Å²) in [5.74, 6) is -1.52. The van der Waals surface area contributed by atoms with Crippen molar-refractivity contribution >= 4 is 20.2 Å². The summed E-state index contributed by atoms with van der Waals surface area (Å²) in [6.45, 7) is 0. The predicted molar refractivity (Wildman–Crippen MR) is 53.2 cm³/mol. The lowest BCUT2D eigenvalue weighted by Gasteiger charge is -2.04. The standard InChI is InChI=1S/C7H8O7S2/c8-6-2-1-5(4-15(9,10)11)3-7(6)16(12,13)14/h1-3,8H,4H2,(H,9,10,11)(H,12,13,14). The van der Waals surface area contributed by atoms with Crippen LogP contribution in [0.5, 0.6) is 5.75 Å². The lowest BCUT2D eigenvalue weighted by atomic mass is 10.2. The van der Waals surface area contributed by atoms with E-state index in [9.17, 15) is 16.8 Å². The molecule has 0 saturated heterocycles. The van der Waals surface area contributed by atoms with Crippen LogP contribution < -0.4 is 0 Å². The fraction of sp³-hybridized carbons (Fsp3) is 0.143. The van der Waals surface area contributed by atoms with Crippen LogP contribution in [0.1, 0.15) is 5.56 Å². The molecule has 7 nitrogen and oxygen atoms in total. The van der Waals surface area contributed by atoms with Gasteiger partial charge in [-0.25, -0.2) is 0 Å². The van der Waals surface area contributed by atoms with Crippen LogP contribution in [0.3, 0.4) is 0 Å². The Morgan fingerprint density at radius 2 is 1.62 bits per heavy atom. The normalized spacial score (nSPS) is 12.6. The number of phenols is 1. The highest BCUT2D eigenvalue weighted by Gasteiger charge is 2.17. The molecule has 0 saturated carbocycles. The molecule has 0 amide bonds. The topological polar surface area (TPSA) is 129 Å². The molecule has 0 heterocycles. The highest BCUT2D eigenvalue weighted by atomic mass is 32.2. The molecule has 0 spiro atoms. The van der Waals surface area contributed by atoms with Gasteiger partial charge in [0, 0.05) is 0 Å². The Bertz CT molecular complexity index is 600. The second kappa shape index (κ2) is 4.01. The van der Waals surface area contributed by atoms with Gasteiger partial charge in [0.05, 0.1) is 0 Å². The molecule has 0 bridgehead atoms. The van der Waals surface area contributed by atoms with Gasteiger partial charge in [0.25, 0.3) is 20.2 Å². The third-order valence-corrected chi connectivity index (χ3v) is 3.23. The molecule has 90 valence electrons. The number of rotatable bonds is 3. The molecule has 1 aromatic carbocycles. The van der Waals surface area contributed by atoms with E-state index in [0.29, 0.717) is 0 Å². The third-order valence-electron chi connectivity index (χ3n) is 1.65. The summed E-state index contributed by atoms with van der Waals surface area (Å²) in [6, 6.07) is 2.78. The van der Waals surface area contributed by atoms with Gasteiger partial charge in [-0.2, -0.15) is 16.8 Å². The van der Waals surface area contributed by atoms with Gasteiger partial charge < -0.3 is 5.11 Å². The minimum absolute atomic E-state index is 0.0760. The van der Waals surface area contributed by atoms with E-state index in [2.05, 4.69) is 0 Å². The molecular weight excluding hydrogens is 260 g/mol. The Labute approximate surface area is 91.8 Å². The van der Waals surface area contributed by atoms with Crippen molar-refractivity contribution in [2.24, 2.45) is 0 Å². The molecule has 1 rings (SSSR count). The summed E-state index contributed by atoms with van der Waals surface area (Å²) in [5.41, 5.74) is -0.0760. The van der Waals surface area contributed by atoms with Gasteiger partial charge >= 0.3 is 0 Å². The first kappa shape index (κ1) is 12.9. The Morgan fingerprint density at radius 3 is 2.06 bits per heavy atom. The van der Waals surface area contributed by atoms with E-state index >= 15 is 0 Å². The summed E-state index contributed by atoms with van der Waals surface area (Å²) in [5, 5.41) is 9.12. The maximum Gasteiger partial charge on any atom is 0.298 e. The SMILES string of the molecule is O=S(=O)(O)Cc1ccc(O)c(S(=O)(=O)O)c1. The molecule has 0 aliphatic carbocycles. The van der Waals surface area contributed by atoms with Crippen LogP contribution in [0.2, 0.25) is 0 Å². The average molecular weight is 268 g/mol. The number of phenolic OH excluding ortho intramolecular Hbond substituents is 1. The first-order chi connectivity index (χ1) is 7.09. The highest BCUT2D eigenvalue weighted by Crippen LogP contribution is 2.24. The van der Waals surface area contributed by atoms with Gasteiger partial charge in [-0.1, -0.05) is 6.07 Å². The average Bonchev–Trinajstić information content (AvgIpc) is 2.04. The second-order valence-electron chi connectivity index (χ2n) is 3.00. The minimum Gasteiger partial charge on any atom is -0.506 e. The smallest absolute Gasteiger partial charge is 0.298 e. The third kappa shape index (κ3) is 3.45. The van der Waals surface area contributed by atoms with Gasteiger partial charge in [-0.3, -0.25) is 9.11 Å². The number of hydrogen-bond acceptors (Lipinski definition) is 5. The summed E-state index contributed by atoms with van der Waals surface area (Å²) < 4.78 is 59.8. The lowest BCUT2D eigenvalue weighted by molar-refractivity contribution is 0.442. The van der Waals surface area contributed by atoms with E-state index in [1.807, 2.05) is 0 Å². The largest absolute Gasteiger partial charge is 0.506 e. The molecule has 0 radical (unpaired) electrons. The summed E-state index contributed by atoms with van der Waals surface area (Å²) in [4.78, 5) is -0.811. The van der Waals surface area contributed by atoms with E-state index in [1.54, 1.807) is 0 Å². The number of benzene rings is 1. The van der Waals surface area contributed by atoms with Crippen molar-refractivity contribution in [1.29, 1.82) is 0 Å². The fourth-order valence-electron chi connectivity index (χ4n) is 1.07. The number of aromatic hydroxyl groups is 1. The molecule has 0 fully saturated rings. The zero-order valence-electron chi connectivity index (χ0n) is 7.73. The highest BCUT2D eigenvalue weighted by molar-refractivity contribution is 7.86. The molecule has 0 aromatic heterocycles. The van der Waals surface area contributed by atoms with Crippen molar-refractivity contribution < 1.29 is 31.0 Å². The minimum atomic E-state index is -4.64. The Hall–Kier alpha value is -1.16. The van der Waals surface area contributed by atoms with Crippen molar-refractivity contribution in [2.45, 2.75) is 10.6 Å². The van der Waals surface area contributed by atoms with Crippen molar-refractivity contribution in [1.82, 2.24) is 0 Å². The van der Waals surface area contributed by atoms with Crippen molar-refractivity contribution in [3.05, 3.63) is 23.8 Å². The van der Waals surface area contributed by atoms with Crippen LogP contribution in [-0.4, -0.2) is 31.0 Å². The summed E-state index contributed by atoms with van der Waals surface area (Å²) in [6.07, 6.45) is 0. The molecule has 1 aromatic rings. The maximum atomic E-state index is 10.8. The van der Waals surface area contributed by atoms with Gasteiger partial charge in [0.2, 0.25) is 0 Å². The van der Waals surface area contributed by atoms with E-state index in [-0.39, 0.29) is 5.56 Å². The molecule has 0 unspecified atom stereocenters. The fourth-order valence-corrected chi connectivity index (χ4v) is 2.30. The molecule has 0 aliphatic rings. The molecule has 3 N–H and O–H groups in total. The van der Waals surface area contributed by atoms with Gasteiger partial charge in [0.1, 0.15) is 16.4 Å². The number of hydrogen-bond donors (Lipinski definition) is 3. The quantitative estimate of drug-likeness (QED) is 0.659. The monoisotopic (exact) mass is 268 g/mol. The van der Waals surface area contributed by atoms with Crippen LogP contribution in [0.25, 0.3) is 0 Å². The van der Waals surface area contributed by atoms with E-state index < -0.39 is 36.6 Å². The van der Waals surface area contributed by atoms with Gasteiger partial charge in [-0.15, -0.1) is 0 Å². The first-order valence-corrected chi connectivity index (χ1v) is 6.89. The second-order valence-corrected chi connectivity index (χ2v) is 5.85. The maximum absolute atomic E-state index is 10.8. The van der Waals surface area contributed by atoms with Crippen LogP contribution in [-0.2, 0) is 26.0 Å². The van der Waals surface area contributed by atoms with E-state index in [4.69, 9.17) is 14.2 Å². The predicted octanol–water partition coefficient (Wildman–Crippen LogP) is 0.0267. The lowest BCUT2D eigenvalue weighted by Crippen LogP contribution is -2.04. The summed E-state index contributed by atoms with van der Waals surface area (Å²) >= 11 is 0. The molecular formula is C7H8O7S2. The van der Waals surface area contributed by atoms with Gasteiger partial charge in [0.15, 0.2) is 0 Å². The zero-order chi connectivity index (χ0) is 12.6. The Balaban J connectivity index is 3.29. The molecule has 0 atom stereocenters. The zero-order valence-corrected chi connectivity index (χ0v) is 9.36. The van der Waals surface area contributed by atoms with E-state index in [1.165, 1.54) is 0 Å². The first-order valence-electron chi connectivity index (χ1n) is 3.84. The van der Waals surface area contributed by atoms with E-state index in [0.717, 1.165) is 18.2 Å². The molecule has 9 heteroatoms. The summed E-state index contributed by atoms with van der Waals surface area (Å²) in [7, 11) is -8.95. The van der Waals surface area contributed by atoms with Crippen molar-refractivity contribution in [3.63, 3.8) is 0 Å². The van der Waals surface area contributed by atoms with Crippen molar-refractivity contribution in [3.8, 4) is 5.75 Å². The van der Waals surface area contributed by atoms with Crippen LogP contribution >= 0.6 is 0 Å². The Kier molecular flexibility index (Phi) is 3.24. The van der Waals surface area contributed by atoms with Crippen LogP contribution in [0.15, 0.2) is 23.1 Å². The molecule has 0 aliphatic heterocycles. The van der Waals surface area contributed by atoms with Gasteiger partial charge in [-0.05, 0) is 17.7 Å². The molecule has 16 heavy (non-hydrogen) atoms. The van der Waals surface area contributed by atoms with Crippen molar-refractivity contribution in [2.75, 3.05) is 0 Å². The Morgan fingerprint density at radius 1 is 1.06 bits per heavy atom. The van der Waals surface area contributed by atoms with Crippen LogP contribution in [0.4, 0.5) is 0 Å².